The Bertz CT molecular complexity index is 183. The number of nitrogens with zero attached hydrogens (tertiary/aromatic N) is 2. The zero-order valence-electron chi connectivity index (χ0n) is 9.53. The Morgan fingerprint density at radius 3 is 2.47 bits per heavy atom. The normalized spacial score (nSPS) is 29.8. The average Bonchev–Trinajstić information content (AvgIpc) is 2.76. The minimum atomic E-state index is 0.745. The van der Waals surface area contributed by atoms with E-state index in [9.17, 15) is 0 Å². The molecule has 4 heteroatoms. The van der Waals surface area contributed by atoms with Crippen molar-refractivity contribution in [1.29, 1.82) is 0 Å². The van der Waals surface area contributed by atoms with Crippen LogP contribution in [0.15, 0.2) is 0 Å². The van der Waals surface area contributed by atoms with Gasteiger partial charge in [-0.25, -0.2) is 0 Å². The van der Waals surface area contributed by atoms with Crippen LogP contribution in [0.25, 0.3) is 0 Å². The highest BCUT2D eigenvalue weighted by atomic mass is 16.5. The van der Waals surface area contributed by atoms with Gasteiger partial charge in [0.15, 0.2) is 0 Å². The summed E-state index contributed by atoms with van der Waals surface area (Å²) >= 11 is 0. The van der Waals surface area contributed by atoms with E-state index < -0.39 is 0 Å². The van der Waals surface area contributed by atoms with E-state index in [0.29, 0.717) is 0 Å². The summed E-state index contributed by atoms with van der Waals surface area (Å²) in [6.07, 6.45) is 1.29. The van der Waals surface area contributed by atoms with Crippen LogP contribution in [0.2, 0.25) is 0 Å². The van der Waals surface area contributed by atoms with Crippen molar-refractivity contribution in [3.8, 4) is 0 Å². The molecule has 2 aliphatic heterocycles. The predicted octanol–water partition coefficient (Wildman–Crippen LogP) is -0.401. The molecule has 4 nitrogen and oxygen atoms in total. The fraction of sp³-hybridized carbons (Fsp3) is 1.00. The van der Waals surface area contributed by atoms with Gasteiger partial charge in [-0.3, -0.25) is 4.90 Å². The molecule has 0 aromatic carbocycles. The third-order valence-electron chi connectivity index (χ3n) is 3.54. The number of hydrogen-bond donors (Lipinski definition) is 1. The van der Waals surface area contributed by atoms with Crippen LogP contribution in [0.1, 0.15) is 6.42 Å². The average molecular weight is 213 g/mol. The fourth-order valence-corrected chi connectivity index (χ4v) is 2.42. The Morgan fingerprint density at radius 1 is 1.07 bits per heavy atom. The summed E-state index contributed by atoms with van der Waals surface area (Å²) in [6, 6.07) is 0. The summed E-state index contributed by atoms with van der Waals surface area (Å²) in [5.41, 5.74) is 5.68. The first kappa shape index (κ1) is 11.3. The van der Waals surface area contributed by atoms with Crippen molar-refractivity contribution in [2.24, 2.45) is 11.7 Å². The van der Waals surface area contributed by atoms with Crippen LogP contribution in [0.3, 0.4) is 0 Å². The molecule has 0 aliphatic carbocycles. The van der Waals surface area contributed by atoms with Crippen LogP contribution < -0.4 is 5.73 Å². The SMILES string of the molecule is NCC1CCN(CCN2CCOCC2)C1. The van der Waals surface area contributed by atoms with Gasteiger partial charge in [-0.1, -0.05) is 0 Å². The number of rotatable bonds is 4. The van der Waals surface area contributed by atoms with Crippen molar-refractivity contribution < 1.29 is 4.74 Å². The largest absolute Gasteiger partial charge is 0.379 e. The summed E-state index contributed by atoms with van der Waals surface area (Å²) in [5, 5.41) is 0. The van der Waals surface area contributed by atoms with E-state index in [4.69, 9.17) is 10.5 Å². The monoisotopic (exact) mass is 213 g/mol. The molecule has 2 rings (SSSR count). The molecular weight excluding hydrogens is 190 g/mol. The smallest absolute Gasteiger partial charge is 0.0594 e. The van der Waals surface area contributed by atoms with Gasteiger partial charge >= 0.3 is 0 Å². The Hall–Kier alpha value is -0.160. The summed E-state index contributed by atoms with van der Waals surface area (Å²) < 4.78 is 5.33. The van der Waals surface area contributed by atoms with Gasteiger partial charge in [0.1, 0.15) is 0 Å². The quantitative estimate of drug-likeness (QED) is 0.690. The molecule has 0 radical (unpaired) electrons. The Kier molecular flexibility index (Phi) is 4.38. The molecule has 15 heavy (non-hydrogen) atoms. The summed E-state index contributed by atoms with van der Waals surface area (Å²) in [7, 11) is 0. The van der Waals surface area contributed by atoms with Gasteiger partial charge in [-0.15, -0.1) is 0 Å². The maximum atomic E-state index is 5.68. The highest BCUT2D eigenvalue weighted by Gasteiger charge is 2.21. The number of hydrogen-bond acceptors (Lipinski definition) is 4. The molecule has 2 fully saturated rings. The second kappa shape index (κ2) is 5.80. The molecule has 0 bridgehead atoms. The van der Waals surface area contributed by atoms with E-state index in [2.05, 4.69) is 9.80 Å². The lowest BCUT2D eigenvalue weighted by Gasteiger charge is -2.28. The Balaban J connectivity index is 1.61. The Labute approximate surface area is 92.4 Å². The third-order valence-corrected chi connectivity index (χ3v) is 3.54. The van der Waals surface area contributed by atoms with Crippen LogP contribution in [0, 0.1) is 5.92 Å². The van der Waals surface area contributed by atoms with Crippen LogP contribution in [-0.2, 0) is 4.74 Å². The maximum absolute atomic E-state index is 5.68. The minimum absolute atomic E-state index is 0.745. The lowest BCUT2D eigenvalue weighted by Crippen LogP contribution is -2.41. The zero-order chi connectivity index (χ0) is 10.5. The van der Waals surface area contributed by atoms with E-state index in [-0.39, 0.29) is 0 Å². The molecule has 0 aromatic heterocycles. The molecule has 0 amide bonds. The van der Waals surface area contributed by atoms with Gasteiger partial charge in [-0.05, 0) is 25.4 Å². The summed E-state index contributed by atoms with van der Waals surface area (Å²) in [6.45, 7) is 9.73. The minimum Gasteiger partial charge on any atom is -0.379 e. The third kappa shape index (κ3) is 3.41. The highest BCUT2D eigenvalue weighted by Crippen LogP contribution is 2.14. The second-order valence-corrected chi connectivity index (χ2v) is 4.65. The van der Waals surface area contributed by atoms with Crippen molar-refractivity contribution in [3.05, 3.63) is 0 Å². The molecular formula is C11H23N3O. The van der Waals surface area contributed by atoms with Crippen molar-refractivity contribution in [1.82, 2.24) is 9.80 Å². The van der Waals surface area contributed by atoms with Gasteiger partial charge in [-0.2, -0.15) is 0 Å². The number of morpholine rings is 1. The van der Waals surface area contributed by atoms with E-state index in [0.717, 1.165) is 38.8 Å². The zero-order valence-corrected chi connectivity index (χ0v) is 9.53. The molecule has 2 heterocycles. The van der Waals surface area contributed by atoms with Gasteiger partial charge < -0.3 is 15.4 Å². The van der Waals surface area contributed by atoms with Crippen molar-refractivity contribution >= 4 is 0 Å². The first-order valence-electron chi connectivity index (χ1n) is 6.11. The molecule has 2 saturated heterocycles. The van der Waals surface area contributed by atoms with Gasteiger partial charge in [0, 0.05) is 32.7 Å². The summed E-state index contributed by atoms with van der Waals surface area (Å²) in [5.74, 6) is 0.745. The van der Waals surface area contributed by atoms with Crippen molar-refractivity contribution in [2.75, 3.05) is 59.0 Å². The van der Waals surface area contributed by atoms with Crippen LogP contribution in [0.5, 0.6) is 0 Å². The fourth-order valence-electron chi connectivity index (χ4n) is 2.42. The lowest BCUT2D eigenvalue weighted by molar-refractivity contribution is 0.0343. The van der Waals surface area contributed by atoms with Crippen LogP contribution in [-0.4, -0.2) is 68.8 Å². The molecule has 0 saturated carbocycles. The van der Waals surface area contributed by atoms with Crippen LogP contribution >= 0.6 is 0 Å². The van der Waals surface area contributed by atoms with Gasteiger partial charge in [0.05, 0.1) is 13.2 Å². The predicted molar refractivity (Wildman–Crippen MR) is 60.9 cm³/mol. The number of ether oxygens (including phenoxy) is 1. The number of nitrogens with two attached hydrogens (primary N) is 1. The topological polar surface area (TPSA) is 41.7 Å². The molecule has 0 aromatic rings. The number of likely N-dealkylation sites (tertiary alicyclic amines) is 1. The Morgan fingerprint density at radius 2 is 1.80 bits per heavy atom. The summed E-state index contributed by atoms with van der Waals surface area (Å²) in [4.78, 5) is 5.05. The van der Waals surface area contributed by atoms with E-state index in [1.807, 2.05) is 0 Å². The molecule has 88 valence electrons. The van der Waals surface area contributed by atoms with Crippen molar-refractivity contribution in [2.45, 2.75) is 6.42 Å². The highest BCUT2D eigenvalue weighted by molar-refractivity contribution is 4.77. The first-order chi connectivity index (χ1) is 7.38. The molecule has 1 unspecified atom stereocenters. The standard InChI is InChI=1S/C11H23N3O/c12-9-11-1-2-14(10-11)4-3-13-5-7-15-8-6-13/h11H,1-10,12H2. The van der Waals surface area contributed by atoms with E-state index in [1.54, 1.807) is 0 Å². The van der Waals surface area contributed by atoms with Gasteiger partial charge in [0.2, 0.25) is 0 Å². The van der Waals surface area contributed by atoms with E-state index in [1.165, 1.54) is 32.6 Å². The van der Waals surface area contributed by atoms with Crippen LogP contribution in [0.4, 0.5) is 0 Å². The first-order valence-corrected chi connectivity index (χ1v) is 6.11. The maximum Gasteiger partial charge on any atom is 0.0594 e. The molecule has 0 spiro atoms. The molecule has 1 atom stereocenters. The van der Waals surface area contributed by atoms with E-state index >= 15 is 0 Å². The molecule has 2 N–H and O–H groups in total. The second-order valence-electron chi connectivity index (χ2n) is 4.65. The molecule has 2 aliphatic rings. The van der Waals surface area contributed by atoms with Crippen molar-refractivity contribution in [3.63, 3.8) is 0 Å². The van der Waals surface area contributed by atoms with Gasteiger partial charge in [0.25, 0.3) is 0 Å². The lowest BCUT2D eigenvalue weighted by atomic mass is 10.1.